The van der Waals surface area contributed by atoms with Gasteiger partial charge in [-0.15, -0.1) is 6.58 Å². The van der Waals surface area contributed by atoms with Crippen molar-refractivity contribution >= 4 is 21.8 Å². The molecular formula is C18H19N5O3S. The van der Waals surface area contributed by atoms with Gasteiger partial charge in [0.05, 0.1) is 23.0 Å². The van der Waals surface area contributed by atoms with E-state index < -0.39 is 16.4 Å². The summed E-state index contributed by atoms with van der Waals surface area (Å²) in [4.78, 5) is 25.8. The van der Waals surface area contributed by atoms with Crippen LogP contribution in [0.25, 0.3) is 16.9 Å². The van der Waals surface area contributed by atoms with Crippen LogP contribution in [0, 0.1) is 0 Å². The SMILES string of the molecule is C=CCn1c(=O)c2cnc(S(C)=O)nc2n1-c1ccc2c(n1)C(C)(O)CC2. The van der Waals surface area contributed by atoms with Gasteiger partial charge in [0, 0.05) is 12.5 Å². The highest BCUT2D eigenvalue weighted by molar-refractivity contribution is 7.84. The Kier molecular flexibility index (Phi) is 4.08. The largest absolute Gasteiger partial charge is 0.384 e. The van der Waals surface area contributed by atoms with Gasteiger partial charge in [-0.3, -0.25) is 9.00 Å². The van der Waals surface area contributed by atoms with Gasteiger partial charge < -0.3 is 5.11 Å². The fourth-order valence-electron chi connectivity index (χ4n) is 3.43. The van der Waals surface area contributed by atoms with Crippen molar-refractivity contribution in [2.75, 3.05) is 6.26 Å². The number of aliphatic hydroxyl groups is 1. The van der Waals surface area contributed by atoms with Crippen molar-refractivity contribution in [1.82, 2.24) is 24.3 Å². The van der Waals surface area contributed by atoms with Gasteiger partial charge in [0.15, 0.2) is 11.5 Å². The third kappa shape index (κ3) is 2.74. The molecule has 3 aromatic rings. The maximum Gasteiger partial charge on any atom is 0.278 e. The average Bonchev–Trinajstić information content (AvgIpc) is 3.09. The Morgan fingerprint density at radius 2 is 2.19 bits per heavy atom. The zero-order chi connectivity index (χ0) is 19.3. The lowest BCUT2D eigenvalue weighted by Crippen LogP contribution is -2.24. The molecule has 0 saturated heterocycles. The van der Waals surface area contributed by atoms with E-state index in [0.717, 1.165) is 12.0 Å². The summed E-state index contributed by atoms with van der Waals surface area (Å²) < 4.78 is 14.8. The Hall–Kier alpha value is -2.65. The Morgan fingerprint density at radius 1 is 1.41 bits per heavy atom. The molecule has 3 heterocycles. The summed E-state index contributed by atoms with van der Waals surface area (Å²) in [6, 6.07) is 3.71. The fraction of sp³-hybridized carbons (Fsp3) is 0.333. The lowest BCUT2D eigenvalue weighted by atomic mass is 10.0. The van der Waals surface area contributed by atoms with Crippen molar-refractivity contribution in [2.45, 2.75) is 37.1 Å². The number of pyridine rings is 1. The van der Waals surface area contributed by atoms with Gasteiger partial charge in [0.1, 0.15) is 11.0 Å². The van der Waals surface area contributed by atoms with Crippen LogP contribution in [0.4, 0.5) is 0 Å². The number of aryl methyl sites for hydroxylation is 1. The van der Waals surface area contributed by atoms with Gasteiger partial charge in [-0.1, -0.05) is 12.1 Å². The van der Waals surface area contributed by atoms with E-state index >= 15 is 0 Å². The Bertz CT molecular complexity index is 1160. The standard InChI is InChI=1S/C18H19N5O3S/c1-4-9-22-16(24)12-10-19-17(27(3)26)21-15(12)23(22)13-6-5-11-7-8-18(2,25)14(11)20-13/h4-6,10,25H,1,7-9H2,2-3H3. The Labute approximate surface area is 157 Å². The van der Waals surface area contributed by atoms with Crippen molar-refractivity contribution in [2.24, 2.45) is 0 Å². The quantitative estimate of drug-likeness (QED) is 0.532. The molecule has 1 aliphatic rings. The number of hydrogen-bond acceptors (Lipinski definition) is 6. The molecule has 3 aromatic heterocycles. The number of allylic oxidation sites excluding steroid dienone is 1. The Balaban J connectivity index is 2.04. The molecule has 140 valence electrons. The van der Waals surface area contributed by atoms with Crippen LogP contribution < -0.4 is 5.56 Å². The molecule has 0 saturated carbocycles. The third-order valence-corrected chi connectivity index (χ3v) is 5.50. The molecule has 0 aliphatic heterocycles. The van der Waals surface area contributed by atoms with Crippen molar-refractivity contribution in [3.05, 3.63) is 52.6 Å². The number of nitrogens with zero attached hydrogens (tertiary/aromatic N) is 5. The van der Waals surface area contributed by atoms with Crippen LogP contribution in [0.15, 0.2) is 40.9 Å². The summed E-state index contributed by atoms with van der Waals surface area (Å²) in [6.45, 7) is 5.69. The zero-order valence-corrected chi connectivity index (χ0v) is 15.9. The predicted molar refractivity (Wildman–Crippen MR) is 101 cm³/mol. The van der Waals surface area contributed by atoms with E-state index in [1.54, 1.807) is 23.7 Å². The number of hydrogen-bond donors (Lipinski definition) is 1. The van der Waals surface area contributed by atoms with Crippen molar-refractivity contribution < 1.29 is 9.32 Å². The topological polar surface area (TPSA) is 103 Å². The molecule has 8 nitrogen and oxygen atoms in total. The van der Waals surface area contributed by atoms with Gasteiger partial charge in [-0.05, 0) is 31.4 Å². The van der Waals surface area contributed by atoms with E-state index in [1.165, 1.54) is 17.1 Å². The minimum absolute atomic E-state index is 0.139. The molecule has 0 bridgehead atoms. The molecule has 0 aromatic carbocycles. The molecule has 9 heteroatoms. The molecule has 0 fully saturated rings. The first-order valence-electron chi connectivity index (χ1n) is 8.49. The van der Waals surface area contributed by atoms with Gasteiger partial charge in [0.25, 0.3) is 5.56 Å². The summed E-state index contributed by atoms with van der Waals surface area (Å²) in [5, 5.41) is 11.0. The first kappa shape index (κ1) is 17.7. The average molecular weight is 385 g/mol. The second kappa shape index (κ2) is 6.21. The minimum atomic E-state index is -1.39. The van der Waals surface area contributed by atoms with Crippen LogP contribution in [0.5, 0.6) is 0 Å². The lowest BCUT2D eigenvalue weighted by Gasteiger charge is -2.18. The molecule has 1 aliphatic carbocycles. The second-order valence-corrected chi connectivity index (χ2v) is 8.06. The number of aromatic nitrogens is 5. The maximum absolute atomic E-state index is 12.8. The van der Waals surface area contributed by atoms with Crippen molar-refractivity contribution in [3.8, 4) is 5.82 Å². The molecule has 4 rings (SSSR count). The monoisotopic (exact) mass is 385 g/mol. The summed E-state index contributed by atoms with van der Waals surface area (Å²) in [6.07, 6.45) is 5.83. The van der Waals surface area contributed by atoms with Crippen molar-refractivity contribution in [3.63, 3.8) is 0 Å². The van der Waals surface area contributed by atoms with Gasteiger partial charge in [0.2, 0.25) is 5.16 Å². The maximum atomic E-state index is 12.8. The van der Waals surface area contributed by atoms with Crippen LogP contribution in [0.2, 0.25) is 0 Å². The highest BCUT2D eigenvalue weighted by Gasteiger charge is 2.34. The van der Waals surface area contributed by atoms with Crippen LogP contribution >= 0.6 is 0 Å². The fourth-order valence-corrected chi connectivity index (χ4v) is 3.85. The second-order valence-electron chi connectivity index (χ2n) is 6.78. The van der Waals surface area contributed by atoms with Crippen LogP contribution in [0.1, 0.15) is 24.6 Å². The van der Waals surface area contributed by atoms with E-state index in [4.69, 9.17) is 0 Å². The minimum Gasteiger partial charge on any atom is -0.384 e. The van der Waals surface area contributed by atoms with Gasteiger partial charge >= 0.3 is 0 Å². The first-order chi connectivity index (χ1) is 12.8. The smallest absolute Gasteiger partial charge is 0.278 e. The Morgan fingerprint density at radius 3 is 2.89 bits per heavy atom. The first-order valence-corrected chi connectivity index (χ1v) is 10.1. The molecule has 2 atom stereocenters. The summed E-state index contributed by atoms with van der Waals surface area (Å²) in [7, 11) is -1.39. The van der Waals surface area contributed by atoms with Crippen LogP contribution in [0.3, 0.4) is 0 Å². The van der Waals surface area contributed by atoms with Crippen LogP contribution in [-0.2, 0) is 29.4 Å². The highest BCUT2D eigenvalue weighted by atomic mass is 32.2. The van der Waals surface area contributed by atoms with E-state index in [0.29, 0.717) is 29.0 Å². The van der Waals surface area contributed by atoms with Crippen LogP contribution in [-0.4, -0.2) is 39.9 Å². The predicted octanol–water partition coefficient (Wildman–Crippen LogP) is 1.05. The normalized spacial score (nSPS) is 20.0. The zero-order valence-electron chi connectivity index (χ0n) is 15.0. The summed E-state index contributed by atoms with van der Waals surface area (Å²) in [5.74, 6) is 0.455. The van der Waals surface area contributed by atoms with Gasteiger partial charge in [-0.25, -0.2) is 24.3 Å². The van der Waals surface area contributed by atoms with E-state index in [9.17, 15) is 14.1 Å². The molecule has 2 unspecified atom stereocenters. The van der Waals surface area contributed by atoms with E-state index in [2.05, 4.69) is 21.5 Å². The molecule has 0 radical (unpaired) electrons. The summed E-state index contributed by atoms with van der Waals surface area (Å²) in [5.41, 5.74) is 0.623. The van der Waals surface area contributed by atoms with Gasteiger partial charge in [-0.2, -0.15) is 0 Å². The highest BCUT2D eigenvalue weighted by Crippen LogP contribution is 2.35. The number of rotatable bonds is 4. The van der Waals surface area contributed by atoms with E-state index in [-0.39, 0.29) is 17.3 Å². The molecular weight excluding hydrogens is 366 g/mol. The van der Waals surface area contributed by atoms with Crippen molar-refractivity contribution in [1.29, 1.82) is 0 Å². The lowest BCUT2D eigenvalue weighted by molar-refractivity contribution is 0.0553. The number of fused-ring (bicyclic) bond motifs is 2. The van der Waals surface area contributed by atoms with E-state index in [1.807, 2.05) is 6.07 Å². The third-order valence-electron chi connectivity index (χ3n) is 4.78. The molecule has 27 heavy (non-hydrogen) atoms. The molecule has 1 N–H and O–H groups in total. The molecule has 0 amide bonds. The summed E-state index contributed by atoms with van der Waals surface area (Å²) >= 11 is 0. The molecule has 0 spiro atoms.